The van der Waals surface area contributed by atoms with Crippen LogP contribution in [0, 0.1) is 15.9 Å². The number of esters is 1. The topological polar surface area (TPSA) is 90.7 Å². The number of nitrogens with one attached hydrogen (secondary N) is 1. The fraction of sp³-hybridized carbons (Fsp3) is 0.462. The molecule has 1 aromatic carbocycles. The standard InChI is InChI=1S/C13H17FN2O5/c1-3-20-13(17)11(15-2)6-7-21-9-4-5-12(16(18)19)10(14)8-9/h4-5,8,11,15H,3,6-7H2,1-2H3. The van der Waals surface area contributed by atoms with Gasteiger partial charge in [-0.1, -0.05) is 0 Å². The maximum Gasteiger partial charge on any atom is 0.323 e. The Hall–Kier alpha value is -2.22. The average molecular weight is 300 g/mol. The van der Waals surface area contributed by atoms with Crippen molar-refractivity contribution in [3.05, 3.63) is 34.1 Å². The van der Waals surface area contributed by atoms with Gasteiger partial charge in [-0.2, -0.15) is 4.39 Å². The molecule has 21 heavy (non-hydrogen) atoms. The van der Waals surface area contributed by atoms with Crippen LogP contribution >= 0.6 is 0 Å². The van der Waals surface area contributed by atoms with E-state index in [0.29, 0.717) is 6.42 Å². The largest absolute Gasteiger partial charge is 0.493 e. The molecule has 0 bridgehead atoms. The normalized spacial score (nSPS) is 11.8. The first kappa shape index (κ1) is 16.8. The number of hydrogen-bond donors (Lipinski definition) is 1. The molecule has 0 aliphatic heterocycles. The van der Waals surface area contributed by atoms with Crippen molar-refractivity contribution in [2.45, 2.75) is 19.4 Å². The molecule has 0 spiro atoms. The van der Waals surface area contributed by atoms with Gasteiger partial charge < -0.3 is 14.8 Å². The monoisotopic (exact) mass is 300 g/mol. The van der Waals surface area contributed by atoms with E-state index in [1.165, 1.54) is 6.07 Å². The molecule has 0 saturated heterocycles. The van der Waals surface area contributed by atoms with E-state index in [-0.39, 0.29) is 19.0 Å². The van der Waals surface area contributed by atoms with Crippen LogP contribution in [-0.2, 0) is 9.53 Å². The highest BCUT2D eigenvalue weighted by molar-refractivity contribution is 5.75. The first-order chi connectivity index (χ1) is 9.99. The third-order valence-electron chi connectivity index (χ3n) is 2.71. The molecule has 1 unspecified atom stereocenters. The van der Waals surface area contributed by atoms with E-state index in [1.54, 1.807) is 14.0 Å². The molecule has 8 heteroatoms. The van der Waals surface area contributed by atoms with Gasteiger partial charge in [0.05, 0.1) is 18.1 Å². The predicted molar refractivity (Wildman–Crippen MR) is 72.6 cm³/mol. The first-order valence-corrected chi connectivity index (χ1v) is 6.40. The lowest BCUT2D eigenvalue weighted by Crippen LogP contribution is -2.36. The fourth-order valence-electron chi connectivity index (χ4n) is 1.64. The molecule has 0 aliphatic carbocycles. The van der Waals surface area contributed by atoms with E-state index < -0.39 is 28.4 Å². The Labute approximate surface area is 121 Å². The minimum absolute atomic E-state index is 0.140. The molecule has 0 fully saturated rings. The highest BCUT2D eigenvalue weighted by Gasteiger charge is 2.18. The van der Waals surface area contributed by atoms with Crippen LogP contribution in [-0.4, -0.2) is 37.2 Å². The summed E-state index contributed by atoms with van der Waals surface area (Å²) in [6.45, 7) is 2.13. The lowest BCUT2D eigenvalue weighted by atomic mass is 10.2. The van der Waals surface area contributed by atoms with E-state index in [4.69, 9.17) is 9.47 Å². The van der Waals surface area contributed by atoms with Crippen LogP contribution in [0.25, 0.3) is 0 Å². The van der Waals surface area contributed by atoms with Crippen molar-refractivity contribution in [3.63, 3.8) is 0 Å². The number of nitro benzene ring substituents is 1. The number of likely N-dealkylation sites (N-methyl/N-ethyl adjacent to an activating group) is 1. The Morgan fingerprint density at radius 1 is 1.52 bits per heavy atom. The number of hydrogen-bond acceptors (Lipinski definition) is 6. The number of rotatable bonds is 8. The van der Waals surface area contributed by atoms with Gasteiger partial charge in [0.1, 0.15) is 11.8 Å². The summed E-state index contributed by atoms with van der Waals surface area (Å²) in [7, 11) is 1.62. The van der Waals surface area contributed by atoms with Crippen LogP contribution < -0.4 is 10.1 Å². The SMILES string of the molecule is CCOC(=O)C(CCOc1ccc([N+](=O)[O-])c(F)c1)NC. The lowest BCUT2D eigenvalue weighted by Gasteiger charge is -2.15. The van der Waals surface area contributed by atoms with E-state index in [1.807, 2.05) is 0 Å². The summed E-state index contributed by atoms with van der Waals surface area (Å²) >= 11 is 0. The van der Waals surface area contributed by atoms with Gasteiger partial charge in [-0.25, -0.2) is 0 Å². The summed E-state index contributed by atoms with van der Waals surface area (Å²) in [5.74, 6) is -1.19. The van der Waals surface area contributed by atoms with Crippen LogP contribution in [0.2, 0.25) is 0 Å². The van der Waals surface area contributed by atoms with Crippen LogP contribution in [0.3, 0.4) is 0 Å². The second-order valence-electron chi connectivity index (χ2n) is 4.10. The van der Waals surface area contributed by atoms with Gasteiger partial charge in [0.25, 0.3) is 0 Å². The zero-order valence-corrected chi connectivity index (χ0v) is 11.8. The van der Waals surface area contributed by atoms with Crippen molar-refractivity contribution in [2.24, 2.45) is 0 Å². The van der Waals surface area contributed by atoms with E-state index in [9.17, 15) is 19.3 Å². The van der Waals surface area contributed by atoms with Gasteiger partial charge in [-0.3, -0.25) is 14.9 Å². The second kappa shape index (κ2) is 8.15. The fourth-order valence-corrected chi connectivity index (χ4v) is 1.64. The highest BCUT2D eigenvalue weighted by atomic mass is 19.1. The molecule has 0 saturated carbocycles. The predicted octanol–water partition coefficient (Wildman–Crippen LogP) is 1.65. The summed E-state index contributed by atoms with van der Waals surface area (Å²) < 4.78 is 23.5. The molecule has 1 rings (SSSR count). The Balaban J connectivity index is 2.53. The first-order valence-electron chi connectivity index (χ1n) is 6.40. The molecule has 0 amide bonds. The van der Waals surface area contributed by atoms with Gasteiger partial charge in [0.15, 0.2) is 0 Å². The third-order valence-corrected chi connectivity index (χ3v) is 2.71. The number of benzene rings is 1. The molecule has 1 atom stereocenters. The molecular weight excluding hydrogens is 283 g/mol. The second-order valence-corrected chi connectivity index (χ2v) is 4.10. The van der Waals surface area contributed by atoms with Crippen molar-refractivity contribution in [1.29, 1.82) is 0 Å². The third kappa shape index (κ3) is 4.99. The van der Waals surface area contributed by atoms with Crippen molar-refractivity contribution in [3.8, 4) is 5.75 Å². The quantitative estimate of drug-likeness (QED) is 0.446. The summed E-state index contributed by atoms with van der Waals surface area (Å²) in [6, 6.07) is 2.76. The van der Waals surface area contributed by atoms with Gasteiger partial charge in [0.2, 0.25) is 5.82 Å². The zero-order valence-electron chi connectivity index (χ0n) is 11.8. The number of nitro groups is 1. The zero-order chi connectivity index (χ0) is 15.8. The number of nitrogens with zero attached hydrogens (tertiary/aromatic N) is 1. The van der Waals surface area contributed by atoms with Gasteiger partial charge >= 0.3 is 11.7 Å². The van der Waals surface area contributed by atoms with E-state index in [2.05, 4.69) is 5.32 Å². The molecule has 0 aliphatic rings. The summed E-state index contributed by atoms with van der Waals surface area (Å²) in [5, 5.41) is 13.3. The molecule has 7 nitrogen and oxygen atoms in total. The van der Waals surface area contributed by atoms with E-state index >= 15 is 0 Å². The van der Waals surface area contributed by atoms with Gasteiger partial charge in [0, 0.05) is 18.6 Å². The van der Waals surface area contributed by atoms with Crippen molar-refractivity contribution in [2.75, 3.05) is 20.3 Å². The Morgan fingerprint density at radius 2 is 2.24 bits per heavy atom. The molecule has 0 aromatic heterocycles. The van der Waals surface area contributed by atoms with Crippen molar-refractivity contribution in [1.82, 2.24) is 5.32 Å². The molecule has 1 aromatic rings. The Morgan fingerprint density at radius 3 is 2.76 bits per heavy atom. The van der Waals surface area contributed by atoms with Crippen LogP contribution in [0.4, 0.5) is 10.1 Å². The van der Waals surface area contributed by atoms with Gasteiger partial charge in [-0.05, 0) is 20.0 Å². The summed E-state index contributed by atoms with van der Waals surface area (Å²) in [6.07, 6.45) is 0.327. The Bertz CT molecular complexity index is 509. The summed E-state index contributed by atoms with van der Waals surface area (Å²) in [5.41, 5.74) is -0.609. The average Bonchev–Trinajstić information content (AvgIpc) is 2.43. The van der Waals surface area contributed by atoms with Crippen LogP contribution in [0.5, 0.6) is 5.75 Å². The van der Waals surface area contributed by atoms with Gasteiger partial charge in [-0.15, -0.1) is 0 Å². The van der Waals surface area contributed by atoms with Crippen LogP contribution in [0.1, 0.15) is 13.3 Å². The number of halogens is 1. The molecular formula is C13H17FN2O5. The maximum atomic E-state index is 13.4. The molecule has 1 N–H and O–H groups in total. The minimum atomic E-state index is -0.965. The number of carbonyl (C=O) groups excluding carboxylic acids is 1. The minimum Gasteiger partial charge on any atom is -0.493 e. The van der Waals surface area contributed by atoms with Crippen LogP contribution in [0.15, 0.2) is 18.2 Å². The highest BCUT2D eigenvalue weighted by Crippen LogP contribution is 2.22. The smallest absolute Gasteiger partial charge is 0.323 e. The molecule has 116 valence electrons. The number of ether oxygens (including phenoxy) is 2. The maximum absolute atomic E-state index is 13.4. The summed E-state index contributed by atoms with van der Waals surface area (Å²) in [4.78, 5) is 21.2. The Kier molecular flexibility index (Phi) is 6.54. The number of carbonyl (C=O) groups is 1. The molecule has 0 heterocycles. The lowest BCUT2D eigenvalue weighted by molar-refractivity contribution is -0.387. The molecule has 0 radical (unpaired) electrons. The van der Waals surface area contributed by atoms with E-state index in [0.717, 1.165) is 12.1 Å². The van der Waals surface area contributed by atoms with Crippen molar-refractivity contribution >= 4 is 11.7 Å². The van der Waals surface area contributed by atoms with Crippen molar-refractivity contribution < 1.29 is 23.6 Å².